The number of benzene rings is 1. The van der Waals surface area contributed by atoms with E-state index in [4.69, 9.17) is 20.6 Å². The first-order valence-electron chi connectivity index (χ1n) is 9.01. The Kier molecular flexibility index (Phi) is 7.18. The lowest BCUT2D eigenvalue weighted by molar-refractivity contribution is -0.459. The second kappa shape index (κ2) is 9.58. The molecule has 0 fully saturated rings. The highest BCUT2D eigenvalue weighted by Crippen LogP contribution is 2.23. The summed E-state index contributed by atoms with van der Waals surface area (Å²) in [5.74, 6) is -1.69. The molecule has 0 aliphatic heterocycles. The van der Waals surface area contributed by atoms with Gasteiger partial charge in [0.1, 0.15) is 11.3 Å². The first-order valence-corrected chi connectivity index (χ1v) is 9.01. The molecule has 6 N–H and O–H groups in total. The van der Waals surface area contributed by atoms with Gasteiger partial charge >= 0.3 is 11.6 Å². The highest BCUT2D eigenvalue weighted by molar-refractivity contribution is 5.86. The predicted octanol–water partition coefficient (Wildman–Crippen LogP) is -2.76. The van der Waals surface area contributed by atoms with Crippen LogP contribution in [-0.2, 0) is 9.59 Å². The van der Waals surface area contributed by atoms with Crippen molar-refractivity contribution in [2.75, 3.05) is 6.54 Å². The molecule has 0 radical (unpaired) electrons. The van der Waals surface area contributed by atoms with E-state index in [9.17, 15) is 19.5 Å². The molecule has 1 aromatic carbocycles. The molecule has 2 aromatic rings. The van der Waals surface area contributed by atoms with E-state index < -0.39 is 29.6 Å². The Bertz CT molecular complexity index is 980. The molecule has 29 heavy (non-hydrogen) atoms. The number of fused-ring (bicyclic) bond motifs is 1. The van der Waals surface area contributed by atoms with Crippen molar-refractivity contribution in [2.24, 2.45) is 11.5 Å². The fourth-order valence-corrected chi connectivity index (χ4v) is 2.71. The number of carboxylic acid groups (broad SMARTS) is 1. The standard InChI is InChI=1S/C19H24N4O6/c1-10-8-16(24)29-15-9-12(5-6-13(10)15)28-11(2)17(25)23-14(18(26)27)4-3-7-22-19(20)21/h5-6,8-9,11,14H,3-4,7H2,1-2H3,(H,23,25)(H,26,27)(H4,20,21,22)/t11-,14+/m1/s1. The highest BCUT2D eigenvalue weighted by atomic mass is 16.5. The van der Waals surface area contributed by atoms with Crippen LogP contribution in [0.15, 0.2) is 33.5 Å². The summed E-state index contributed by atoms with van der Waals surface area (Å²) in [5.41, 5.74) is 11.1. The number of aryl methyl sites for hydroxylation is 1. The quantitative estimate of drug-likeness (QED) is 0.150. The maximum Gasteiger partial charge on any atom is 0.338 e. The number of guanidine groups is 1. The zero-order valence-corrected chi connectivity index (χ0v) is 16.2. The minimum Gasteiger partial charge on any atom is -0.548 e. The summed E-state index contributed by atoms with van der Waals surface area (Å²) in [6.45, 7) is 3.62. The van der Waals surface area contributed by atoms with Crippen molar-refractivity contribution in [1.29, 1.82) is 0 Å². The Morgan fingerprint density at radius 1 is 1.31 bits per heavy atom. The highest BCUT2D eigenvalue weighted by Gasteiger charge is 2.20. The lowest BCUT2D eigenvalue weighted by Gasteiger charge is -2.22. The first kappa shape index (κ1) is 21.7. The molecule has 0 aliphatic carbocycles. The van der Waals surface area contributed by atoms with E-state index in [1.807, 2.05) is 0 Å². The summed E-state index contributed by atoms with van der Waals surface area (Å²) >= 11 is 0. The van der Waals surface area contributed by atoms with Gasteiger partial charge in [0, 0.05) is 17.5 Å². The molecule has 0 bridgehead atoms. The Balaban J connectivity index is 2.01. The third kappa shape index (κ3) is 6.23. The number of hydrogen-bond acceptors (Lipinski definition) is 6. The second-order valence-corrected chi connectivity index (χ2v) is 6.57. The van der Waals surface area contributed by atoms with E-state index in [0.29, 0.717) is 24.3 Å². The molecule has 0 spiro atoms. The van der Waals surface area contributed by atoms with Gasteiger partial charge in [-0.05, 0) is 44.4 Å². The molecule has 0 saturated carbocycles. The largest absolute Gasteiger partial charge is 0.548 e. The SMILES string of the molecule is Cc1cc(=O)oc2cc(O[C@H](C)C(=O)N[C@@H](CCC[NH+]=C(N)N)C(=O)[O-])ccc12. The van der Waals surface area contributed by atoms with Crippen LogP contribution in [-0.4, -0.2) is 36.5 Å². The number of hydrogen-bond donors (Lipinski definition) is 4. The maximum atomic E-state index is 12.3. The van der Waals surface area contributed by atoms with Gasteiger partial charge in [0.05, 0.1) is 18.6 Å². The molecule has 0 unspecified atom stereocenters. The van der Waals surface area contributed by atoms with Crippen LogP contribution in [0.5, 0.6) is 5.75 Å². The van der Waals surface area contributed by atoms with Gasteiger partial charge in [0.15, 0.2) is 6.10 Å². The van der Waals surface area contributed by atoms with Gasteiger partial charge in [-0.25, -0.2) is 4.79 Å². The third-order valence-electron chi connectivity index (χ3n) is 4.20. The van der Waals surface area contributed by atoms with Gasteiger partial charge < -0.3 is 24.4 Å². The van der Waals surface area contributed by atoms with Crippen LogP contribution in [0, 0.1) is 6.92 Å². The molecule has 10 heteroatoms. The number of carbonyl (C=O) groups is 2. The van der Waals surface area contributed by atoms with Crippen molar-refractivity contribution < 1.29 is 28.8 Å². The fourth-order valence-electron chi connectivity index (χ4n) is 2.71. The lowest BCUT2D eigenvalue weighted by atomic mass is 10.1. The van der Waals surface area contributed by atoms with Gasteiger partial charge in [0.25, 0.3) is 5.91 Å². The summed E-state index contributed by atoms with van der Waals surface area (Å²) in [6.07, 6.45) is -0.465. The van der Waals surface area contributed by atoms with Crippen molar-refractivity contribution >= 4 is 28.8 Å². The number of nitrogens with two attached hydrogens (primary N) is 2. The zero-order chi connectivity index (χ0) is 21.6. The van der Waals surface area contributed by atoms with Gasteiger partial charge in [-0.3, -0.25) is 21.3 Å². The van der Waals surface area contributed by atoms with E-state index >= 15 is 0 Å². The van der Waals surface area contributed by atoms with Crippen LogP contribution in [0.1, 0.15) is 25.3 Å². The van der Waals surface area contributed by atoms with Gasteiger partial charge in [0.2, 0.25) is 0 Å². The molecular formula is C19H24N4O6. The molecule has 2 rings (SSSR count). The van der Waals surface area contributed by atoms with Crippen LogP contribution >= 0.6 is 0 Å². The molecule has 1 heterocycles. The number of rotatable bonds is 9. The van der Waals surface area contributed by atoms with Crippen LogP contribution in [0.2, 0.25) is 0 Å². The van der Waals surface area contributed by atoms with Crippen LogP contribution < -0.4 is 37.2 Å². The van der Waals surface area contributed by atoms with Gasteiger partial charge in [-0.1, -0.05) is 0 Å². The summed E-state index contributed by atoms with van der Waals surface area (Å²) in [7, 11) is 0. The Morgan fingerprint density at radius 2 is 2.03 bits per heavy atom. The summed E-state index contributed by atoms with van der Waals surface area (Å²) < 4.78 is 10.7. The first-order chi connectivity index (χ1) is 13.7. The van der Waals surface area contributed by atoms with Gasteiger partial charge in [-0.2, -0.15) is 0 Å². The Hall–Kier alpha value is -3.56. The maximum absolute atomic E-state index is 12.3. The van der Waals surface area contributed by atoms with Gasteiger partial charge in [-0.15, -0.1) is 0 Å². The van der Waals surface area contributed by atoms with E-state index in [1.165, 1.54) is 19.1 Å². The number of carboxylic acids is 1. The monoisotopic (exact) mass is 404 g/mol. The van der Waals surface area contributed by atoms with E-state index in [-0.39, 0.29) is 12.4 Å². The number of amides is 1. The molecule has 1 aromatic heterocycles. The molecule has 10 nitrogen and oxygen atoms in total. The number of ether oxygens (including phenoxy) is 1. The average Bonchev–Trinajstić information content (AvgIpc) is 2.63. The van der Waals surface area contributed by atoms with Crippen molar-refractivity contribution in [3.63, 3.8) is 0 Å². The lowest BCUT2D eigenvalue weighted by Crippen LogP contribution is -2.78. The molecule has 1 amide bonds. The second-order valence-electron chi connectivity index (χ2n) is 6.57. The molecule has 0 saturated heterocycles. The minimum atomic E-state index is -1.40. The number of nitrogens with one attached hydrogen (secondary N) is 2. The van der Waals surface area contributed by atoms with E-state index in [2.05, 4.69) is 10.3 Å². The van der Waals surface area contributed by atoms with Crippen molar-refractivity contribution in [3.8, 4) is 5.75 Å². The Morgan fingerprint density at radius 3 is 2.69 bits per heavy atom. The molecule has 2 atom stereocenters. The van der Waals surface area contributed by atoms with Crippen LogP contribution in [0.3, 0.4) is 0 Å². The van der Waals surface area contributed by atoms with Crippen LogP contribution in [0.25, 0.3) is 11.0 Å². The average molecular weight is 404 g/mol. The molecular weight excluding hydrogens is 380 g/mol. The zero-order valence-electron chi connectivity index (χ0n) is 16.2. The smallest absolute Gasteiger partial charge is 0.338 e. The molecule has 0 aliphatic rings. The number of carbonyl (C=O) groups excluding carboxylic acids is 2. The predicted molar refractivity (Wildman–Crippen MR) is 103 cm³/mol. The van der Waals surface area contributed by atoms with Crippen molar-refractivity contribution in [3.05, 3.63) is 40.2 Å². The molecule has 156 valence electrons. The third-order valence-corrected chi connectivity index (χ3v) is 4.20. The Labute approximate surface area is 166 Å². The van der Waals surface area contributed by atoms with Crippen molar-refractivity contribution in [1.82, 2.24) is 5.32 Å². The van der Waals surface area contributed by atoms with Crippen LogP contribution in [0.4, 0.5) is 0 Å². The fraction of sp³-hybridized carbons (Fsp3) is 0.368. The normalized spacial score (nSPS) is 12.8. The van der Waals surface area contributed by atoms with E-state index in [1.54, 1.807) is 19.1 Å². The topological polar surface area (TPSA) is 175 Å². The summed E-state index contributed by atoms with van der Waals surface area (Å²) in [6, 6.07) is 5.04. The summed E-state index contributed by atoms with van der Waals surface area (Å²) in [5, 5.41) is 14.4. The number of aliphatic carboxylic acids is 1. The minimum absolute atomic E-state index is 0.0301. The van der Waals surface area contributed by atoms with Crippen molar-refractivity contribution in [2.45, 2.75) is 38.8 Å². The summed E-state index contributed by atoms with van der Waals surface area (Å²) in [4.78, 5) is 37.8. The van der Waals surface area contributed by atoms with E-state index in [0.717, 1.165) is 10.9 Å².